The van der Waals surface area contributed by atoms with E-state index in [4.69, 9.17) is 0 Å². The van der Waals surface area contributed by atoms with Crippen LogP contribution in [-0.4, -0.2) is 25.5 Å². The lowest BCUT2D eigenvalue weighted by atomic mass is 10.1. The molecule has 1 N–H and O–H groups in total. The molecule has 2 nitrogen and oxygen atoms in total. The minimum atomic E-state index is 0.924. The van der Waals surface area contributed by atoms with Gasteiger partial charge in [0, 0.05) is 29.2 Å². The van der Waals surface area contributed by atoms with E-state index in [1.807, 2.05) is 18.4 Å². The molecule has 0 atom stereocenters. The van der Waals surface area contributed by atoms with Gasteiger partial charge in [-0.15, -0.1) is 11.3 Å². The SMILES string of the molecule is CNCc1sc2ccccc2c1CN(C)CC1CCCC1. The van der Waals surface area contributed by atoms with Gasteiger partial charge in [-0.05, 0) is 49.9 Å². The first-order valence-corrected chi connectivity index (χ1v) is 8.92. The summed E-state index contributed by atoms with van der Waals surface area (Å²) in [5.41, 5.74) is 1.53. The van der Waals surface area contributed by atoms with Crippen LogP contribution in [0.3, 0.4) is 0 Å². The van der Waals surface area contributed by atoms with Crippen LogP contribution < -0.4 is 5.32 Å². The molecule has 0 amide bonds. The average molecular weight is 302 g/mol. The van der Waals surface area contributed by atoms with E-state index in [1.54, 1.807) is 0 Å². The predicted octanol–water partition coefficient (Wildman–Crippen LogP) is 4.24. The summed E-state index contributed by atoms with van der Waals surface area (Å²) in [5, 5.41) is 4.77. The highest BCUT2D eigenvalue weighted by Crippen LogP contribution is 2.33. The summed E-state index contributed by atoms with van der Waals surface area (Å²) < 4.78 is 1.42. The van der Waals surface area contributed by atoms with Crippen LogP contribution in [0, 0.1) is 5.92 Å². The molecule has 21 heavy (non-hydrogen) atoms. The standard InChI is InChI=1S/C18H26N2S/c1-19-11-18-16(15-9-5-6-10-17(15)21-18)13-20(2)12-14-7-3-4-8-14/h5-6,9-10,14,19H,3-4,7-8,11-13H2,1-2H3. The van der Waals surface area contributed by atoms with Crippen molar-refractivity contribution in [3.63, 3.8) is 0 Å². The number of rotatable bonds is 6. The third-order valence-electron chi connectivity index (χ3n) is 4.59. The Bertz CT molecular complexity index is 584. The molecule has 1 aromatic heterocycles. The minimum Gasteiger partial charge on any atom is -0.315 e. The number of thiophene rings is 1. The molecule has 114 valence electrons. The summed E-state index contributed by atoms with van der Waals surface area (Å²) in [7, 11) is 4.32. The fraction of sp³-hybridized carbons (Fsp3) is 0.556. The molecule has 1 heterocycles. The number of nitrogens with zero attached hydrogens (tertiary/aromatic N) is 1. The smallest absolute Gasteiger partial charge is 0.0349 e. The van der Waals surface area contributed by atoms with Crippen molar-refractivity contribution in [3.05, 3.63) is 34.7 Å². The van der Waals surface area contributed by atoms with E-state index in [1.165, 1.54) is 52.8 Å². The van der Waals surface area contributed by atoms with Gasteiger partial charge in [-0.25, -0.2) is 0 Å². The lowest BCUT2D eigenvalue weighted by molar-refractivity contribution is 0.271. The Morgan fingerprint density at radius 2 is 2.00 bits per heavy atom. The average Bonchev–Trinajstić information content (AvgIpc) is 3.08. The Morgan fingerprint density at radius 3 is 2.76 bits per heavy atom. The number of nitrogens with one attached hydrogen (secondary N) is 1. The van der Waals surface area contributed by atoms with Crippen LogP contribution in [0.1, 0.15) is 36.1 Å². The van der Waals surface area contributed by atoms with Crippen LogP contribution in [0.2, 0.25) is 0 Å². The second-order valence-corrected chi connectivity index (χ2v) is 7.51. The molecular formula is C18H26N2S. The van der Waals surface area contributed by atoms with Gasteiger partial charge in [0.2, 0.25) is 0 Å². The molecule has 1 saturated carbocycles. The third kappa shape index (κ3) is 3.47. The second-order valence-electron chi connectivity index (χ2n) is 6.38. The summed E-state index contributed by atoms with van der Waals surface area (Å²) in [6, 6.07) is 8.84. The molecule has 1 aliphatic rings. The topological polar surface area (TPSA) is 15.3 Å². The molecule has 2 aromatic rings. The maximum atomic E-state index is 3.32. The second kappa shape index (κ2) is 6.91. The Balaban J connectivity index is 1.78. The third-order valence-corrected chi connectivity index (χ3v) is 5.80. The van der Waals surface area contributed by atoms with Gasteiger partial charge in [-0.2, -0.15) is 0 Å². The Hall–Kier alpha value is -0.900. The Morgan fingerprint density at radius 1 is 1.24 bits per heavy atom. The van der Waals surface area contributed by atoms with E-state index in [-0.39, 0.29) is 0 Å². The molecule has 0 radical (unpaired) electrons. The van der Waals surface area contributed by atoms with Crippen molar-refractivity contribution in [2.45, 2.75) is 38.8 Å². The lowest BCUT2D eigenvalue weighted by Gasteiger charge is -2.21. The first-order valence-electron chi connectivity index (χ1n) is 8.10. The zero-order valence-corrected chi connectivity index (χ0v) is 14.0. The van der Waals surface area contributed by atoms with E-state index in [9.17, 15) is 0 Å². The largest absolute Gasteiger partial charge is 0.315 e. The van der Waals surface area contributed by atoms with E-state index in [0.717, 1.165) is 19.0 Å². The lowest BCUT2D eigenvalue weighted by Crippen LogP contribution is -2.24. The van der Waals surface area contributed by atoms with Crippen LogP contribution in [-0.2, 0) is 13.1 Å². The zero-order valence-electron chi connectivity index (χ0n) is 13.2. The van der Waals surface area contributed by atoms with E-state index < -0.39 is 0 Å². The van der Waals surface area contributed by atoms with Gasteiger partial charge in [-0.3, -0.25) is 0 Å². The van der Waals surface area contributed by atoms with Crippen molar-refractivity contribution >= 4 is 21.4 Å². The van der Waals surface area contributed by atoms with E-state index in [2.05, 4.69) is 41.5 Å². The van der Waals surface area contributed by atoms with Gasteiger partial charge < -0.3 is 10.2 Å². The fourth-order valence-corrected chi connectivity index (χ4v) is 4.82. The van der Waals surface area contributed by atoms with Crippen molar-refractivity contribution in [1.29, 1.82) is 0 Å². The van der Waals surface area contributed by atoms with Crippen molar-refractivity contribution in [3.8, 4) is 0 Å². The molecule has 3 rings (SSSR count). The monoisotopic (exact) mass is 302 g/mol. The quantitative estimate of drug-likeness (QED) is 0.858. The zero-order chi connectivity index (χ0) is 14.7. The molecule has 0 unspecified atom stereocenters. The molecule has 0 aliphatic heterocycles. The van der Waals surface area contributed by atoms with Crippen LogP contribution in [0.25, 0.3) is 10.1 Å². The molecule has 0 bridgehead atoms. The molecule has 1 aliphatic carbocycles. The highest BCUT2D eigenvalue weighted by atomic mass is 32.1. The van der Waals surface area contributed by atoms with Gasteiger partial charge in [-0.1, -0.05) is 31.0 Å². The predicted molar refractivity (Wildman–Crippen MR) is 92.9 cm³/mol. The minimum absolute atomic E-state index is 0.924. The number of hydrogen-bond donors (Lipinski definition) is 1. The molecule has 1 fully saturated rings. The highest BCUT2D eigenvalue weighted by molar-refractivity contribution is 7.19. The van der Waals surface area contributed by atoms with E-state index >= 15 is 0 Å². The van der Waals surface area contributed by atoms with E-state index in [0.29, 0.717) is 0 Å². The number of hydrogen-bond acceptors (Lipinski definition) is 3. The van der Waals surface area contributed by atoms with Crippen LogP contribution in [0.5, 0.6) is 0 Å². The first kappa shape index (κ1) is 15.0. The maximum absolute atomic E-state index is 3.32. The van der Waals surface area contributed by atoms with Crippen molar-refractivity contribution < 1.29 is 0 Å². The summed E-state index contributed by atoms with van der Waals surface area (Å²) in [6.45, 7) is 3.31. The fourth-order valence-electron chi connectivity index (χ4n) is 3.59. The summed E-state index contributed by atoms with van der Waals surface area (Å²) >= 11 is 1.94. The molecule has 0 spiro atoms. The first-order chi connectivity index (χ1) is 10.3. The van der Waals surface area contributed by atoms with Crippen LogP contribution in [0.15, 0.2) is 24.3 Å². The normalized spacial score (nSPS) is 16.3. The van der Waals surface area contributed by atoms with Crippen LogP contribution in [0.4, 0.5) is 0 Å². The van der Waals surface area contributed by atoms with Crippen molar-refractivity contribution in [1.82, 2.24) is 10.2 Å². The highest BCUT2D eigenvalue weighted by Gasteiger charge is 2.19. The van der Waals surface area contributed by atoms with Gasteiger partial charge in [0.1, 0.15) is 0 Å². The van der Waals surface area contributed by atoms with Gasteiger partial charge in [0.15, 0.2) is 0 Å². The van der Waals surface area contributed by atoms with Gasteiger partial charge >= 0.3 is 0 Å². The summed E-state index contributed by atoms with van der Waals surface area (Å²) in [4.78, 5) is 4.03. The molecule has 1 aromatic carbocycles. The van der Waals surface area contributed by atoms with Gasteiger partial charge in [0.25, 0.3) is 0 Å². The van der Waals surface area contributed by atoms with Crippen molar-refractivity contribution in [2.24, 2.45) is 5.92 Å². The maximum Gasteiger partial charge on any atom is 0.0349 e. The summed E-state index contributed by atoms with van der Waals surface area (Å²) in [6.07, 6.45) is 5.73. The number of fused-ring (bicyclic) bond motifs is 1. The van der Waals surface area contributed by atoms with Gasteiger partial charge in [0.05, 0.1) is 0 Å². The summed E-state index contributed by atoms with van der Waals surface area (Å²) in [5.74, 6) is 0.924. The molecular weight excluding hydrogens is 276 g/mol. The Labute approximate surface area is 132 Å². The van der Waals surface area contributed by atoms with Crippen molar-refractivity contribution in [2.75, 3.05) is 20.6 Å². The van der Waals surface area contributed by atoms with Crippen LogP contribution >= 0.6 is 11.3 Å². The number of benzene rings is 1. The Kier molecular flexibility index (Phi) is 4.94. The molecule has 0 saturated heterocycles. The molecule has 3 heteroatoms.